The average molecular weight is 350 g/mol. The minimum atomic E-state index is -0.553. The molecule has 1 heterocycles. The zero-order chi connectivity index (χ0) is 18.6. The van der Waals surface area contributed by atoms with Gasteiger partial charge < -0.3 is 24.4 Å². The smallest absolute Gasteiger partial charge is 0.407 e. The largest absolute Gasteiger partial charge is 0.496 e. The molecule has 1 N–H and O–H groups in total. The summed E-state index contributed by atoms with van der Waals surface area (Å²) in [6, 6.07) is 5.08. The van der Waals surface area contributed by atoms with E-state index >= 15 is 0 Å². The number of amides is 2. The van der Waals surface area contributed by atoms with E-state index in [9.17, 15) is 9.59 Å². The van der Waals surface area contributed by atoms with Crippen molar-refractivity contribution in [3.05, 3.63) is 23.8 Å². The molecule has 7 heteroatoms. The minimum Gasteiger partial charge on any atom is -0.496 e. The van der Waals surface area contributed by atoms with Crippen molar-refractivity contribution in [2.75, 3.05) is 27.3 Å². The highest BCUT2D eigenvalue weighted by Crippen LogP contribution is 2.30. The van der Waals surface area contributed by atoms with Gasteiger partial charge in [-0.3, -0.25) is 4.79 Å². The second-order valence-electron chi connectivity index (χ2n) is 6.92. The molecule has 25 heavy (non-hydrogen) atoms. The Morgan fingerprint density at radius 3 is 2.28 bits per heavy atom. The summed E-state index contributed by atoms with van der Waals surface area (Å²) < 4.78 is 15.9. The van der Waals surface area contributed by atoms with E-state index in [-0.39, 0.29) is 11.9 Å². The van der Waals surface area contributed by atoms with E-state index in [2.05, 4.69) is 5.32 Å². The van der Waals surface area contributed by atoms with E-state index in [4.69, 9.17) is 14.2 Å². The van der Waals surface area contributed by atoms with Gasteiger partial charge in [-0.05, 0) is 39.3 Å². The molecule has 1 atom stereocenters. The van der Waals surface area contributed by atoms with Crippen LogP contribution in [0.5, 0.6) is 11.5 Å². The predicted octanol–water partition coefficient (Wildman–Crippen LogP) is 2.44. The first-order valence-corrected chi connectivity index (χ1v) is 8.25. The third-order valence-corrected chi connectivity index (χ3v) is 3.84. The second-order valence-corrected chi connectivity index (χ2v) is 6.92. The Labute approximate surface area is 148 Å². The Hall–Kier alpha value is -2.44. The van der Waals surface area contributed by atoms with E-state index in [0.29, 0.717) is 36.6 Å². The molecule has 1 saturated heterocycles. The summed E-state index contributed by atoms with van der Waals surface area (Å²) in [5.41, 5.74) is -0.159. The number of ether oxygens (including phenoxy) is 3. The number of benzene rings is 1. The highest BCUT2D eigenvalue weighted by Gasteiger charge is 2.32. The maximum atomic E-state index is 12.9. The van der Waals surface area contributed by atoms with Crippen LogP contribution >= 0.6 is 0 Å². The summed E-state index contributed by atoms with van der Waals surface area (Å²) in [6.45, 7) is 6.39. The zero-order valence-electron chi connectivity index (χ0n) is 15.4. The molecule has 1 aromatic rings. The molecule has 0 aromatic heterocycles. The van der Waals surface area contributed by atoms with Crippen molar-refractivity contribution in [3.8, 4) is 11.5 Å². The quantitative estimate of drug-likeness (QED) is 0.902. The minimum absolute atomic E-state index is 0.139. The first-order chi connectivity index (χ1) is 11.7. The van der Waals surface area contributed by atoms with Gasteiger partial charge in [-0.15, -0.1) is 0 Å². The molecule has 1 fully saturated rings. The van der Waals surface area contributed by atoms with Crippen LogP contribution in [0.1, 0.15) is 37.6 Å². The lowest BCUT2D eigenvalue weighted by atomic mass is 10.1. The van der Waals surface area contributed by atoms with Crippen molar-refractivity contribution in [2.24, 2.45) is 0 Å². The molecule has 138 valence electrons. The third kappa shape index (κ3) is 4.78. The van der Waals surface area contributed by atoms with Crippen LogP contribution in [-0.4, -0.2) is 55.9 Å². The number of methoxy groups -OCH3 is 2. The van der Waals surface area contributed by atoms with Gasteiger partial charge in [-0.2, -0.15) is 0 Å². The van der Waals surface area contributed by atoms with Crippen LogP contribution < -0.4 is 14.8 Å². The van der Waals surface area contributed by atoms with E-state index in [1.54, 1.807) is 23.1 Å². The summed E-state index contributed by atoms with van der Waals surface area (Å²) in [5.74, 6) is 0.753. The van der Waals surface area contributed by atoms with Crippen molar-refractivity contribution < 1.29 is 23.8 Å². The lowest BCUT2D eigenvalue weighted by Gasteiger charge is -2.22. The summed E-state index contributed by atoms with van der Waals surface area (Å²) in [6.07, 6.45) is 0.198. The van der Waals surface area contributed by atoms with Crippen molar-refractivity contribution in [2.45, 2.75) is 38.8 Å². The van der Waals surface area contributed by atoms with Crippen LogP contribution in [0.3, 0.4) is 0 Å². The summed E-state index contributed by atoms with van der Waals surface area (Å²) in [7, 11) is 3.03. The fourth-order valence-electron chi connectivity index (χ4n) is 2.76. The Bertz CT molecular complexity index is 617. The van der Waals surface area contributed by atoms with Gasteiger partial charge in [0.2, 0.25) is 0 Å². The van der Waals surface area contributed by atoms with Crippen molar-refractivity contribution >= 4 is 12.0 Å². The highest BCUT2D eigenvalue weighted by atomic mass is 16.6. The molecule has 1 aromatic carbocycles. The first kappa shape index (κ1) is 18.9. The van der Waals surface area contributed by atoms with Crippen LogP contribution in [0.2, 0.25) is 0 Å². The summed E-state index contributed by atoms with van der Waals surface area (Å²) >= 11 is 0. The SMILES string of the molecule is COc1cccc(OC)c1C(=O)N1CC[C@@H](NC(=O)OC(C)(C)C)C1. The topological polar surface area (TPSA) is 77.1 Å². The molecule has 0 aliphatic carbocycles. The van der Waals surface area contributed by atoms with Crippen molar-refractivity contribution in [1.29, 1.82) is 0 Å². The lowest BCUT2D eigenvalue weighted by molar-refractivity contribution is 0.0502. The average Bonchev–Trinajstić information content (AvgIpc) is 2.99. The van der Waals surface area contributed by atoms with E-state index in [1.807, 2.05) is 20.8 Å². The predicted molar refractivity (Wildman–Crippen MR) is 93.2 cm³/mol. The normalized spacial score (nSPS) is 17.2. The van der Waals surface area contributed by atoms with Crippen LogP contribution in [0.15, 0.2) is 18.2 Å². The van der Waals surface area contributed by atoms with Gasteiger partial charge in [0.1, 0.15) is 22.7 Å². The Balaban J connectivity index is 2.05. The van der Waals surface area contributed by atoms with E-state index in [0.717, 1.165) is 0 Å². The molecule has 7 nitrogen and oxygen atoms in total. The molecule has 0 spiro atoms. The summed E-state index contributed by atoms with van der Waals surface area (Å²) in [5, 5.41) is 2.81. The number of nitrogens with one attached hydrogen (secondary N) is 1. The van der Waals surface area contributed by atoms with Gasteiger partial charge in [-0.25, -0.2) is 4.79 Å². The molecule has 2 amide bonds. The molecule has 0 saturated carbocycles. The maximum absolute atomic E-state index is 12.9. The van der Waals surface area contributed by atoms with Crippen LogP contribution in [-0.2, 0) is 4.74 Å². The molecule has 1 aliphatic heterocycles. The third-order valence-electron chi connectivity index (χ3n) is 3.84. The molecule has 0 bridgehead atoms. The second kappa shape index (κ2) is 7.63. The van der Waals surface area contributed by atoms with E-state index < -0.39 is 11.7 Å². The van der Waals surface area contributed by atoms with E-state index in [1.165, 1.54) is 14.2 Å². The van der Waals surface area contributed by atoms with Gasteiger partial charge in [0.05, 0.1) is 20.3 Å². The molecular formula is C18H26N2O5. The fourth-order valence-corrected chi connectivity index (χ4v) is 2.76. The van der Waals surface area contributed by atoms with Crippen LogP contribution in [0, 0.1) is 0 Å². The number of hydrogen-bond donors (Lipinski definition) is 1. The molecule has 0 unspecified atom stereocenters. The standard InChI is InChI=1S/C18H26N2O5/c1-18(2,3)25-17(22)19-12-9-10-20(11-12)16(21)15-13(23-4)7-6-8-14(15)24-5/h6-8,12H,9-11H2,1-5H3,(H,19,22)/t12-/m1/s1. The highest BCUT2D eigenvalue weighted by molar-refractivity contribution is 6.00. The van der Waals surface area contributed by atoms with Gasteiger partial charge in [0.15, 0.2) is 0 Å². The number of hydrogen-bond acceptors (Lipinski definition) is 5. The number of rotatable bonds is 4. The molecular weight excluding hydrogens is 324 g/mol. The lowest BCUT2D eigenvalue weighted by Crippen LogP contribution is -2.41. The molecule has 2 rings (SSSR count). The maximum Gasteiger partial charge on any atom is 0.407 e. The number of nitrogens with zero attached hydrogens (tertiary/aromatic N) is 1. The first-order valence-electron chi connectivity index (χ1n) is 8.25. The Morgan fingerprint density at radius 2 is 1.76 bits per heavy atom. The Morgan fingerprint density at radius 1 is 1.16 bits per heavy atom. The van der Waals surface area contributed by atoms with Crippen molar-refractivity contribution in [1.82, 2.24) is 10.2 Å². The number of likely N-dealkylation sites (tertiary alicyclic amines) is 1. The molecule has 0 radical (unpaired) electrons. The monoisotopic (exact) mass is 350 g/mol. The van der Waals surface area contributed by atoms with Gasteiger partial charge in [0.25, 0.3) is 5.91 Å². The zero-order valence-corrected chi connectivity index (χ0v) is 15.4. The number of carbonyl (C=O) groups is 2. The number of alkyl carbamates (subject to hydrolysis) is 1. The van der Waals surface area contributed by atoms with Crippen LogP contribution in [0.4, 0.5) is 4.79 Å². The van der Waals surface area contributed by atoms with Crippen molar-refractivity contribution in [3.63, 3.8) is 0 Å². The summed E-state index contributed by atoms with van der Waals surface area (Å²) in [4.78, 5) is 26.5. The van der Waals surface area contributed by atoms with Crippen LogP contribution in [0.25, 0.3) is 0 Å². The number of carbonyl (C=O) groups excluding carboxylic acids is 2. The van der Waals surface area contributed by atoms with Gasteiger partial charge in [-0.1, -0.05) is 6.07 Å². The van der Waals surface area contributed by atoms with Gasteiger partial charge in [0, 0.05) is 13.1 Å². The van der Waals surface area contributed by atoms with Gasteiger partial charge >= 0.3 is 6.09 Å². The Kier molecular flexibility index (Phi) is 5.77. The fraction of sp³-hybridized carbons (Fsp3) is 0.556. The molecule has 1 aliphatic rings.